The van der Waals surface area contributed by atoms with Crippen molar-refractivity contribution in [3.05, 3.63) is 65.5 Å². The lowest BCUT2D eigenvalue weighted by atomic mass is 10.1. The number of rotatable bonds is 4. The summed E-state index contributed by atoms with van der Waals surface area (Å²) >= 11 is 1.58. The monoisotopic (exact) mass is 349 g/mol. The summed E-state index contributed by atoms with van der Waals surface area (Å²) in [7, 11) is 0. The average molecular weight is 349 g/mol. The smallest absolute Gasteiger partial charge is 0.248 e. The molecular formula is C18H15N5OS. The van der Waals surface area contributed by atoms with Crippen molar-refractivity contribution in [1.82, 2.24) is 19.6 Å². The van der Waals surface area contributed by atoms with Crippen LogP contribution in [0, 0.1) is 6.92 Å². The number of primary amides is 1. The highest BCUT2D eigenvalue weighted by Gasteiger charge is 2.12. The fourth-order valence-corrected chi connectivity index (χ4v) is 3.54. The number of benzene rings is 2. The third-order valence-electron chi connectivity index (χ3n) is 3.86. The molecule has 1 amide bonds. The molecule has 124 valence electrons. The minimum absolute atomic E-state index is 0.421. The van der Waals surface area contributed by atoms with Gasteiger partial charge in [0.25, 0.3) is 0 Å². The molecule has 0 atom stereocenters. The first-order valence-corrected chi connectivity index (χ1v) is 8.74. The van der Waals surface area contributed by atoms with E-state index in [2.05, 4.69) is 10.1 Å². The second-order valence-corrected chi connectivity index (χ2v) is 6.60. The normalized spacial score (nSPS) is 11.2. The summed E-state index contributed by atoms with van der Waals surface area (Å²) in [4.78, 5) is 20.4. The van der Waals surface area contributed by atoms with Gasteiger partial charge in [-0.3, -0.25) is 4.79 Å². The number of thioether (sulfide) groups is 1. The zero-order valence-electron chi connectivity index (χ0n) is 13.5. The van der Waals surface area contributed by atoms with Gasteiger partial charge in [-0.25, -0.2) is 9.97 Å². The Morgan fingerprint density at radius 1 is 1.12 bits per heavy atom. The molecule has 25 heavy (non-hydrogen) atoms. The number of carbonyl (C=O) groups excluding carboxylic acids is 1. The van der Waals surface area contributed by atoms with Gasteiger partial charge in [-0.05, 0) is 36.8 Å². The molecule has 0 spiro atoms. The second kappa shape index (κ2) is 6.18. The highest BCUT2D eigenvalue weighted by atomic mass is 32.2. The summed E-state index contributed by atoms with van der Waals surface area (Å²) in [6.07, 6.45) is 0. The maximum atomic E-state index is 11.2. The zero-order valence-corrected chi connectivity index (χ0v) is 14.3. The van der Waals surface area contributed by atoms with Crippen LogP contribution in [0.1, 0.15) is 21.7 Å². The number of aromatic nitrogens is 4. The van der Waals surface area contributed by atoms with E-state index in [9.17, 15) is 4.79 Å². The van der Waals surface area contributed by atoms with Crippen LogP contribution in [-0.2, 0) is 5.75 Å². The maximum absolute atomic E-state index is 11.2. The molecule has 0 saturated carbocycles. The fraction of sp³-hybridized carbons (Fsp3) is 0.111. The molecule has 4 rings (SSSR count). The number of fused-ring (bicyclic) bond motifs is 3. The Hall–Kier alpha value is -2.93. The Labute approximate surface area is 148 Å². The molecule has 0 aliphatic heterocycles. The van der Waals surface area contributed by atoms with E-state index in [1.807, 2.05) is 43.3 Å². The third kappa shape index (κ3) is 2.94. The van der Waals surface area contributed by atoms with Crippen LogP contribution in [0.4, 0.5) is 0 Å². The highest BCUT2D eigenvalue weighted by molar-refractivity contribution is 7.98. The van der Waals surface area contributed by atoms with Crippen LogP contribution >= 0.6 is 11.8 Å². The summed E-state index contributed by atoms with van der Waals surface area (Å²) < 4.78 is 1.79. The lowest BCUT2D eigenvalue weighted by Crippen LogP contribution is -2.10. The maximum Gasteiger partial charge on any atom is 0.248 e. The van der Waals surface area contributed by atoms with Crippen molar-refractivity contribution in [3.8, 4) is 0 Å². The van der Waals surface area contributed by atoms with Gasteiger partial charge < -0.3 is 5.73 Å². The minimum atomic E-state index is -0.421. The zero-order chi connectivity index (χ0) is 17.4. The first kappa shape index (κ1) is 15.6. The van der Waals surface area contributed by atoms with Crippen molar-refractivity contribution in [2.75, 3.05) is 0 Å². The number of hydrogen-bond donors (Lipinski definition) is 1. The van der Waals surface area contributed by atoms with Gasteiger partial charge in [0.05, 0.1) is 5.52 Å². The molecule has 0 bridgehead atoms. The Kier molecular flexibility index (Phi) is 3.85. The number of aryl methyl sites for hydroxylation is 1. The van der Waals surface area contributed by atoms with Crippen molar-refractivity contribution in [2.24, 2.45) is 5.73 Å². The SMILES string of the molecule is Cc1nc2c3ccccc3nc(SCc3ccc(C(N)=O)cc3)n2n1. The molecule has 2 aromatic carbocycles. The van der Waals surface area contributed by atoms with Crippen molar-refractivity contribution in [2.45, 2.75) is 17.8 Å². The number of nitrogens with zero attached hydrogens (tertiary/aromatic N) is 4. The lowest BCUT2D eigenvalue weighted by molar-refractivity contribution is 0.100. The molecule has 4 aromatic rings. The summed E-state index contributed by atoms with van der Waals surface area (Å²) in [6.45, 7) is 1.87. The quantitative estimate of drug-likeness (QED) is 0.452. The topological polar surface area (TPSA) is 86.2 Å². The molecule has 0 aliphatic carbocycles. The molecule has 6 nitrogen and oxygen atoms in total. The van der Waals surface area contributed by atoms with Crippen molar-refractivity contribution < 1.29 is 4.79 Å². The summed E-state index contributed by atoms with van der Waals surface area (Å²) in [6, 6.07) is 15.2. The molecule has 0 saturated heterocycles. The summed E-state index contributed by atoms with van der Waals surface area (Å²) in [5, 5.41) is 6.24. The van der Waals surface area contributed by atoms with Crippen LogP contribution in [0.3, 0.4) is 0 Å². The standard InChI is InChI=1S/C18H15N5OS/c1-11-20-17-14-4-2-3-5-15(14)21-18(23(17)22-11)25-10-12-6-8-13(9-7-12)16(19)24/h2-9H,10H2,1H3,(H2,19,24). The molecule has 7 heteroatoms. The van der Waals surface area contributed by atoms with E-state index in [1.54, 1.807) is 28.4 Å². The molecule has 0 radical (unpaired) electrons. The van der Waals surface area contributed by atoms with Gasteiger partial charge in [0.15, 0.2) is 10.8 Å². The van der Waals surface area contributed by atoms with Crippen LogP contribution in [0.15, 0.2) is 53.7 Å². The van der Waals surface area contributed by atoms with E-state index >= 15 is 0 Å². The fourth-order valence-electron chi connectivity index (χ4n) is 2.64. The third-order valence-corrected chi connectivity index (χ3v) is 4.86. The molecule has 0 unspecified atom stereocenters. The van der Waals surface area contributed by atoms with Crippen LogP contribution in [-0.4, -0.2) is 25.5 Å². The Morgan fingerprint density at radius 2 is 1.88 bits per heavy atom. The van der Waals surface area contributed by atoms with Gasteiger partial charge in [0.2, 0.25) is 5.91 Å². The lowest BCUT2D eigenvalue weighted by Gasteiger charge is -2.06. The van der Waals surface area contributed by atoms with E-state index in [-0.39, 0.29) is 0 Å². The molecular weight excluding hydrogens is 334 g/mol. The number of hydrogen-bond acceptors (Lipinski definition) is 5. The number of para-hydroxylation sites is 1. The Morgan fingerprint density at radius 3 is 2.64 bits per heavy atom. The van der Waals surface area contributed by atoms with Crippen LogP contribution in [0.5, 0.6) is 0 Å². The number of nitrogens with two attached hydrogens (primary N) is 1. The van der Waals surface area contributed by atoms with Gasteiger partial charge in [0.1, 0.15) is 5.82 Å². The van der Waals surface area contributed by atoms with Crippen LogP contribution in [0.25, 0.3) is 16.6 Å². The molecule has 0 aliphatic rings. The Bertz CT molecular complexity index is 1090. The predicted molar refractivity (Wildman–Crippen MR) is 97.5 cm³/mol. The van der Waals surface area contributed by atoms with E-state index in [0.717, 1.165) is 27.3 Å². The van der Waals surface area contributed by atoms with Crippen molar-refractivity contribution >= 4 is 34.2 Å². The first-order valence-electron chi connectivity index (χ1n) is 7.75. The van der Waals surface area contributed by atoms with E-state index < -0.39 is 5.91 Å². The van der Waals surface area contributed by atoms with Crippen LogP contribution in [0.2, 0.25) is 0 Å². The van der Waals surface area contributed by atoms with E-state index in [0.29, 0.717) is 17.1 Å². The average Bonchev–Trinajstić information content (AvgIpc) is 3.02. The molecule has 2 aromatic heterocycles. The molecule has 2 N–H and O–H groups in total. The van der Waals surface area contributed by atoms with Gasteiger partial charge >= 0.3 is 0 Å². The number of carbonyl (C=O) groups is 1. The second-order valence-electron chi connectivity index (χ2n) is 5.66. The summed E-state index contributed by atoms with van der Waals surface area (Å²) in [5.74, 6) is 0.999. The Balaban J connectivity index is 1.69. The molecule has 0 fully saturated rings. The van der Waals surface area contributed by atoms with Gasteiger partial charge in [-0.2, -0.15) is 4.52 Å². The molecule has 2 heterocycles. The predicted octanol–water partition coefficient (Wildman–Crippen LogP) is 2.98. The van der Waals surface area contributed by atoms with Gasteiger partial charge in [-0.1, -0.05) is 36.0 Å². The van der Waals surface area contributed by atoms with Crippen LogP contribution < -0.4 is 5.73 Å². The van der Waals surface area contributed by atoms with Crippen molar-refractivity contribution in [1.29, 1.82) is 0 Å². The van der Waals surface area contributed by atoms with Gasteiger partial charge in [-0.15, -0.1) is 5.10 Å². The number of amides is 1. The highest BCUT2D eigenvalue weighted by Crippen LogP contribution is 2.26. The summed E-state index contributed by atoms with van der Waals surface area (Å²) in [5.41, 5.74) is 8.57. The van der Waals surface area contributed by atoms with Crippen molar-refractivity contribution in [3.63, 3.8) is 0 Å². The van der Waals surface area contributed by atoms with E-state index in [4.69, 9.17) is 10.7 Å². The largest absolute Gasteiger partial charge is 0.366 e. The van der Waals surface area contributed by atoms with E-state index in [1.165, 1.54) is 0 Å². The minimum Gasteiger partial charge on any atom is -0.366 e. The first-order chi connectivity index (χ1) is 12.1. The van der Waals surface area contributed by atoms with Gasteiger partial charge in [0, 0.05) is 16.7 Å².